The number of hydrogen-bond acceptors (Lipinski definition) is 1. The number of hydrogen-bond donors (Lipinski definition) is 0. The topological polar surface area (TPSA) is 17.1 Å². The van der Waals surface area contributed by atoms with Crippen molar-refractivity contribution in [2.45, 2.75) is 26.2 Å². The van der Waals surface area contributed by atoms with Crippen molar-refractivity contribution in [3.8, 4) is 0 Å². The number of rotatable bonds is 4. The van der Waals surface area contributed by atoms with Gasteiger partial charge in [0, 0.05) is 0 Å². The van der Waals surface area contributed by atoms with E-state index in [0.29, 0.717) is 5.75 Å². The molecule has 0 saturated heterocycles. The van der Waals surface area contributed by atoms with Crippen LogP contribution in [0.3, 0.4) is 0 Å². The van der Waals surface area contributed by atoms with Gasteiger partial charge < -0.3 is 0 Å². The molecule has 4 heteroatoms. The van der Waals surface area contributed by atoms with E-state index in [9.17, 15) is 4.21 Å². The third kappa shape index (κ3) is 8.94. The van der Waals surface area contributed by atoms with Crippen LogP contribution in [0.1, 0.15) is 26.2 Å². The molecule has 0 amide bonds. The van der Waals surface area contributed by atoms with Gasteiger partial charge in [0.05, 0.1) is 0 Å². The van der Waals surface area contributed by atoms with Crippen molar-refractivity contribution in [2.75, 3.05) is 5.75 Å². The van der Waals surface area contributed by atoms with Crippen molar-refractivity contribution in [2.24, 2.45) is 0 Å². The third-order valence-electron chi connectivity index (χ3n) is 1.03. The van der Waals surface area contributed by atoms with Crippen LogP contribution in [-0.4, -0.2) is 16.7 Å². The second kappa shape index (κ2) is 4.71. The third-order valence-corrected chi connectivity index (χ3v) is 3.19. The molecule has 0 aliphatic heterocycles. The first-order chi connectivity index (χ1) is 4.06. The Morgan fingerprint density at radius 2 is 2.11 bits per heavy atom. The van der Waals surface area contributed by atoms with Crippen molar-refractivity contribution in [1.82, 2.24) is 0 Å². The fourth-order valence-corrected chi connectivity index (χ4v) is 2.08. The Hall–Kier alpha value is 0.945. The van der Waals surface area contributed by atoms with Crippen molar-refractivity contribution in [3.05, 3.63) is 0 Å². The van der Waals surface area contributed by atoms with E-state index in [1.165, 1.54) is 0 Å². The predicted octanol–water partition coefficient (Wildman–Crippen LogP) is 1.89. The van der Waals surface area contributed by atoms with Crippen molar-refractivity contribution >= 4 is 34.5 Å². The quantitative estimate of drug-likeness (QED) is 0.325. The molecule has 0 fully saturated rings. The number of unbranched alkanes of at least 4 members (excludes halogenated alkanes) is 2. The summed E-state index contributed by atoms with van der Waals surface area (Å²) in [5.74, 6) is 0.668. The van der Waals surface area contributed by atoms with Crippen LogP contribution in [0.15, 0.2) is 0 Å². The van der Waals surface area contributed by atoms with Crippen LogP contribution in [0.4, 0.5) is 0 Å². The van der Waals surface area contributed by atoms with Gasteiger partial charge in [0.1, 0.15) is 0 Å². The standard InChI is InChI=1S/C5H11BIOS/c1-2-3-4-5-9(6,7)8/h2-5H2,1H3. The van der Waals surface area contributed by atoms with Gasteiger partial charge in [0.25, 0.3) is 0 Å². The molecule has 0 aromatic heterocycles. The van der Waals surface area contributed by atoms with Crippen LogP contribution in [0.5, 0.6) is 0 Å². The first-order valence-electron chi connectivity index (χ1n) is 3.05. The van der Waals surface area contributed by atoms with Gasteiger partial charge in [-0.05, 0) is 0 Å². The molecule has 53 valence electrons. The molecule has 0 aliphatic carbocycles. The molecule has 1 nitrogen and oxygen atoms in total. The van der Waals surface area contributed by atoms with E-state index in [1.54, 1.807) is 0 Å². The fourth-order valence-electron chi connectivity index (χ4n) is 0.549. The van der Waals surface area contributed by atoms with Crippen LogP contribution in [0, 0.1) is 0 Å². The molecule has 1 atom stereocenters. The normalized spacial score (nSPS) is 17.0. The monoisotopic (exact) mass is 257 g/mol. The summed E-state index contributed by atoms with van der Waals surface area (Å²) < 4.78 is 10.8. The first kappa shape index (κ1) is 9.94. The zero-order valence-corrected chi connectivity index (χ0v) is 8.57. The summed E-state index contributed by atoms with van der Waals surface area (Å²) in [5, 5.41) is 0. The predicted molar refractivity (Wildman–Crippen MR) is 52.3 cm³/mol. The molecule has 0 N–H and O–H groups in total. The summed E-state index contributed by atoms with van der Waals surface area (Å²) >= 11 is 1.82. The summed E-state index contributed by atoms with van der Waals surface area (Å²) in [7, 11) is 0. The summed E-state index contributed by atoms with van der Waals surface area (Å²) in [6, 6.07) is 0. The van der Waals surface area contributed by atoms with Gasteiger partial charge in [-0.25, -0.2) is 0 Å². The Balaban J connectivity index is 3.30. The van der Waals surface area contributed by atoms with E-state index in [-0.39, 0.29) is 0 Å². The Kier molecular flexibility index (Phi) is 5.21. The van der Waals surface area contributed by atoms with Crippen LogP contribution >= 0.6 is 21.2 Å². The average molecular weight is 257 g/mol. The van der Waals surface area contributed by atoms with Crippen molar-refractivity contribution < 1.29 is 4.21 Å². The van der Waals surface area contributed by atoms with Gasteiger partial charge in [-0.15, -0.1) is 0 Å². The maximum atomic E-state index is 10.8. The molecule has 1 unspecified atom stereocenters. The minimum absolute atomic E-state index is 0.668. The SMILES string of the molecule is [B]=S(=O)(I)CCCCC. The van der Waals surface area contributed by atoms with Crippen LogP contribution in [-0.2, 0) is 6.53 Å². The molecule has 0 bridgehead atoms. The average Bonchev–Trinajstić information content (AvgIpc) is 1.63. The summed E-state index contributed by atoms with van der Waals surface area (Å²) in [5.41, 5.74) is 0. The first-order valence-corrected chi connectivity index (χ1v) is 7.39. The number of halogens is 1. The summed E-state index contributed by atoms with van der Waals surface area (Å²) in [4.78, 5) is 0. The molecule has 1 radical (unpaired) electrons. The molecular weight excluding hydrogens is 246 g/mol. The van der Waals surface area contributed by atoms with E-state index < -0.39 is 6.53 Å². The summed E-state index contributed by atoms with van der Waals surface area (Å²) in [6.07, 6.45) is 3.29. The van der Waals surface area contributed by atoms with Gasteiger partial charge in [-0.3, -0.25) is 0 Å². The van der Waals surface area contributed by atoms with Gasteiger partial charge in [0.2, 0.25) is 0 Å². The Bertz CT molecular complexity index is 152. The van der Waals surface area contributed by atoms with E-state index in [0.717, 1.165) is 19.3 Å². The molecule has 9 heavy (non-hydrogen) atoms. The van der Waals surface area contributed by atoms with Gasteiger partial charge in [0.15, 0.2) is 0 Å². The van der Waals surface area contributed by atoms with Gasteiger partial charge in [-0.2, -0.15) is 0 Å². The Labute approximate surface area is 70.5 Å². The van der Waals surface area contributed by atoms with Crippen molar-refractivity contribution in [1.29, 1.82) is 0 Å². The van der Waals surface area contributed by atoms with E-state index in [1.807, 2.05) is 21.2 Å². The molecule has 0 aromatic carbocycles. The van der Waals surface area contributed by atoms with Gasteiger partial charge >= 0.3 is 70.6 Å². The van der Waals surface area contributed by atoms with Crippen molar-refractivity contribution in [3.63, 3.8) is 0 Å². The Morgan fingerprint density at radius 1 is 1.56 bits per heavy atom. The van der Waals surface area contributed by atoms with Crippen LogP contribution < -0.4 is 0 Å². The molecule has 0 heterocycles. The molecule has 0 saturated carbocycles. The zero-order valence-electron chi connectivity index (χ0n) is 5.60. The van der Waals surface area contributed by atoms with Crippen LogP contribution in [0.25, 0.3) is 0 Å². The molecular formula is C5H11BIOS. The second-order valence-electron chi connectivity index (χ2n) is 2.05. The van der Waals surface area contributed by atoms with E-state index >= 15 is 0 Å². The Morgan fingerprint density at radius 3 is 2.44 bits per heavy atom. The molecule has 0 spiro atoms. The fraction of sp³-hybridized carbons (Fsp3) is 1.00. The minimum atomic E-state index is -1.98. The zero-order chi connectivity index (χ0) is 7.33. The summed E-state index contributed by atoms with van der Waals surface area (Å²) in [6.45, 7) is 5.43. The van der Waals surface area contributed by atoms with E-state index in [4.69, 9.17) is 6.72 Å². The molecule has 0 aliphatic rings. The van der Waals surface area contributed by atoms with E-state index in [2.05, 4.69) is 6.92 Å². The molecule has 0 aromatic rings. The van der Waals surface area contributed by atoms with Crippen LogP contribution in [0.2, 0.25) is 0 Å². The maximum absolute atomic E-state index is 10.8. The second-order valence-corrected chi connectivity index (χ2v) is 8.22. The van der Waals surface area contributed by atoms with Gasteiger partial charge in [-0.1, -0.05) is 0 Å². The molecule has 0 rings (SSSR count).